The van der Waals surface area contributed by atoms with E-state index in [2.05, 4.69) is 17.0 Å². The zero-order valence-electron chi connectivity index (χ0n) is 12.9. The van der Waals surface area contributed by atoms with Gasteiger partial charge in [0.2, 0.25) is 10.0 Å². The van der Waals surface area contributed by atoms with E-state index in [1.165, 1.54) is 24.2 Å². The number of thiophene rings is 1. The molecule has 4 nitrogen and oxygen atoms in total. The molecule has 1 saturated carbocycles. The Labute approximate surface area is 132 Å². The lowest BCUT2D eigenvalue weighted by Gasteiger charge is -2.19. The van der Waals surface area contributed by atoms with Gasteiger partial charge in [0.05, 0.1) is 0 Å². The van der Waals surface area contributed by atoms with Gasteiger partial charge in [0.1, 0.15) is 4.21 Å². The number of hydrogen-bond acceptors (Lipinski definition) is 4. The average molecular weight is 331 g/mol. The highest BCUT2D eigenvalue weighted by Gasteiger charge is 2.26. The van der Waals surface area contributed by atoms with Crippen LogP contribution in [0.3, 0.4) is 0 Å². The van der Waals surface area contributed by atoms with Crippen LogP contribution in [-0.4, -0.2) is 27.5 Å². The van der Waals surface area contributed by atoms with Gasteiger partial charge in [-0.05, 0) is 57.3 Å². The van der Waals surface area contributed by atoms with Crippen molar-refractivity contribution in [3.8, 4) is 0 Å². The van der Waals surface area contributed by atoms with Crippen LogP contribution < -0.4 is 10.0 Å². The fourth-order valence-electron chi connectivity index (χ4n) is 2.88. The molecule has 1 unspecified atom stereocenters. The van der Waals surface area contributed by atoms with Crippen molar-refractivity contribution < 1.29 is 8.42 Å². The Bertz CT molecular complexity index is 534. The van der Waals surface area contributed by atoms with Crippen molar-refractivity contribution in [2.75, 3.05) is 13.1 Å². The van der Waals surface area contributed by atoms with Crippen LogP contribution in [0.25, 0.3) is 0 Å². The molecule has 2 rings (SSSR count). The Balaban J connectivity index is 1.95. The SMILES string of the molecule is CCNCCc1ccc(S(=O)(=O)NC(C)C2CCCC2)s1. The van der Waals surface area contributed by atoms with Gasteiger partial charge in [-0.1, -0.05) is 19.8 Å². The second kappa shape index (κ2) is 7.72. The van der Waals surface area contributed by atoms with Gasteiger partial charge in [-0.2, -0.15) is 0 Å². The van der Waals surface area contributed by atoms with Crippen molar-refractivity contribution in [2.24, 2.45) is 5.92 Å². The third-order valence-electron chi connectivity index (χ3n) is 4.15. The molecule has 2 N–H and O–H groups in total. The van der Waals surface area contributed by atoms with Gasteiger partial charge in [-0.25, -0.2) is 13.1 Å². The molecule has 6 heteroatoms. The molecule has 0 amide bonds. The molecule has 0 aliphatic heterocycles. The summed E-state index contributed by atoms with van der Waals surface area (Å²) < 4.78 is 28.2. The Morgan fingerprint density at radius 3 is 2.71 bits per heavy atom. The van der Waals surface area contributed by atoms with Crippen molar-refractivity contribution in [1.82, 2.24) is 10.0 Å². The fourth-order valence-corrected chi connectivity index (χ4v) is 5.57. The first-order chi connectivity index (χ1) is 10.0. The summed E-state index contributed by atoms with van der Waals surface area (Å²) in [5.74, 6) is 0.493. The zero-order valence-corrected chi connectivity index (χ0v) is 14.5. The molecule has 21 heavy (non-hydrogen) atoms. The minimum absolute atomic E-state index is 0.0322. The minimum atomic E-state index is -3.36. The van der Waals surface area contributed by atoms with E-state index < -0.39 is 10.0 Å². The predicted molar refractivity (Wildman–Crippen MR) is 88.3 cm³/mol. The van der Waals surface area contributed by atoms with Gasteiger partial charge in [0, 0.05) is 10.9 Å². The van der Waals surface area contributed by atoms with Crippen molar-refractivity contribution >= 4 is 21.4 Å². The van der Waals surface area contributed by atoms with Crippen LogP contribution in [0.15, 0.2) is 16.3 Å². The maximum absolute atomic E-state index is 12.4. The van der Waals surface area contributed by atoms with Gasteiger partial charge in [0.25, 0.3) is 0 Å². The van der Waals surface area contributed by atoms with Crippen LogP contribution >= 0.6 is 11.3 Å². The van der Waals surface area contributed by atoms with Crippen LogP contribution in [0.1, 0.15) is 44.4 Å². The molecule has 1 heterocycles. The Morgan fingerprint density at radius 1 is 1.33 bits per heavy atom. The lowest BCUT2D eigenvalue weighted by molar-refractivity contribution is 0.424. The summed E-state index contributed by atoms with van der Waals surface area (Å²) >= 11 is 1.38. The minimum Gasteiger partial charge on any atom is -0.317 e. The maximum atomic E-state index is 12.4. The van der Waals surface area contributed by atoms with Gasteiger partial charge >= 0.3 is 0 Å². The topological polar surface area (TPSA) is 58.2 Å². The molecule has 1 fully saturated rings. The summed E-state index contributed by atoms with van der Waals surface area (Å²) in [4.78, 5) is 1.12. The zero-order chi connectivity index (χ0) is 15.3. The van der Waals surface area contributed by atoms with E-state index in [0.717, 1.165) is 37.2 Å². The molecule has 0 spiro atoms. The van der Waals surface area contributed by atoms with E-state index in [9.17, 15) is 8.42 Å². The molecule has 1 aliphatic rings. The largest absolute Gasteiger partial charge is 0.317 e. The van der Waals surface area contributed by atoms with Crippen LogP contribution in [0, 0.1) is 5.92 Å². The first kappa shape index (κ1) is 16.9. The molecule has 0 bridgehead atoms. The Kier molecular flexibility index (Phi) is 6.22. The average Bonchev–Trinajstić information content (AvgIpc) is 3.10. The molecule has 1 atom stereocenters. The van der Waals surface area contributed by atoms with E-state index in [-0.39, 0.29) is 6.04 Å². The van der Waals surface area contributed by atoms with E-state index >= 15 is 0 Å². The van der Waals surface area contributed by atoms with Crippen LogP contribution in [0.4, 0.5) is 0 Å². The number of hydrogen-bond donors (Lipinski definition) is 2. The highest BCUT2D eigenvalue weighted by atomic mass is 32.2. The third-order valence-corrected chi connectivity index (χ3v) is 7.34. The third kappa shape index (κ3) is 4.77. The molecule has 0 radical (unpaired) electrons. The standard InChI is InChI=1S/C15H26N2O2S2/c1-3-16-11-10-14-8-9-15(20-14)21(18,19)17-12(2)13-6-4-5-7-13/h8-9,12-13,16-17H,3-7,10-11H2,1-2H3. The second-order valence-corrected chi connectivity index (χ2v) is 8.89. The first-order valence-corrected chi connectivity index (χ1v) is 10.1. The summed E-state index contributed by atoms with van der Waals surface area (Å²) in [6.45, 7) is 5.89. The Hall–Kier alpha value is -0.430. The van der Waals surface area contributed by atoms with E-state index in [1.807, 2.05) is 13.0 Å². The molecule has 1 aromatic rings. The summed E-state index contributed by atoms with van der Waals surface area (Å²) in [7, 11) is -3.36. The van der Waals surface area contributed by atoms with Gasteiger partial charge < -0.3 is 5.32 Å². The summed E-state index contributed by atoms with van der Waals surface area (Å²) in [5, 5.41) is 3.26. The van der Waals surface area contributed by atoms with Crippen LogP contribution in [-0.2, 0) is 16.4 Å². The molecule has 1 aromatic heterocycles. The smallest absolute Gasteiger partial charge is 0.250 e. The molecular weight excluding hydrogens is 304 g/mol. The molecule has 0 saturated heterocycles. The van der Waals surface area contributed by atoms with Crippen LogP contribution in [0.2, 0.25) is 0 Å². The second-order valence-electron chi connectivity index (χ2n) is 5.78. The normalized spacial score (nSPS) is 18.2. The van der Waals surface area contributed by atoms with E-state index in [0.29, 0.717) is 10.1 Å². The van der Waals surface area contributed by atoms with Crippen molar-refractivity contribution in [2.45, 2.75) is 56.2 Å². The maximum Gasteiger partial charge on any atom is 0.250 e. The summed E-state index contributed by atoms with van der Waals surface area (Å²) in [6.07, 6.45) is 5.62. The number of sulfonamides is 1. The monoisotopic (exact) mass is 330 g/mol. The van der Waals surface area contributed by atoms with E-state index in [4.69, 9.17) is 0 Å². The van der Waals surface area contributed by atoms with E-state index in [1.54, 1.807) is 6.07 Å². The quantitative estimate of drug-likeness (QED) is 0.721. The lowest BCUT2D eigenvalue weighted by atomic mass is 10.0. The summed E-state index contributed by atoms with van der Waals surface area (Å²) in [5.41, 5.74) is 0. The molecule has 1 aliphatic carbocycles. The summed E-state index contributed by atoms with van der Waals surface area (Å²) in [6, 6.07) is 3.69. The number of rotatable bonds is 8. The molecule has 0 aromatic carbocycles. The van der Waals surface area contributed by atoms with Crippen molar-refractivity contribution in [3.05, 3.63) is 17.0 Å². The Morgan fingerprint density at radius 2 is 2.05 bits per heavy atom. The fraction of sp³-hybridized carbons (Fsp3) is 0.733. The lowest BCUT2D eigenvalue weighted by Crippen LogP contribution is -2.36. The molecular formula is C15H26N2O2S2. The number of likely N-dealkylation sites (N-methyl/N-ethyl adjacent to an activating group) is 1. The molecule has 120 valence electrons. The number of nitrogens with one attached hydrogen (secondary N) is 2. The van der Waals surface area contributed by atoms with Crippen molar-refractivity contribution in [1.29, 1.82) is 0 Å². The highest BCUT2D eigenvalue weighted by Crippen LogP contribution is 2.29. The van der Waals surface area contributed by atoms with Crippen molar-refractivity contribution in [3.63, 3.8) is 0 Å². The van der Waals surface area contributed by atoms with Gasteiger partial charge in [-0.3, -0.25) is 0 Å². The van der Waals surface area contributed by atoms with Crippen LogP contribution in [0.5, 0.6) is 0 Å². The highest BCUT2D eigenvalue weighted by molar-refractivity contribution is 7.91. The van der Waals surface area contributed by atoms with Gasteiger partial charge in [-0.15, -0.1) is 11.3 Å². The first-order valence-electron chi connectivity index (χ1n) is 7.84. The predicted octanol–water partition coefficient (Wildman–Crippen LogP) is 2.76. The van der Waals surface area contributed by atoms with Gasteiger partial charge in [0.15, 0.2) is 0 Å².